The van der Waals surface area contributed by atoms with E-state index in [9.17, 15) is 0 Å². The number of hydrogen-bond donors (Lipinski definition) is 0. The highest BCUT2D eigenvalue weighted by Crippen LogP contribution is 2.25. The van der Waals surface area contributed by atoms with Crippen molar-refractivity contribution in [2.75, 3.05) is 13.7 Å². The Morgan fingerprint density at radius 1 is 0.875 bits per heavy atom. The molecule has 1 heterocycles. The third kappa shape index (κ3) is 4.94. The smallest absolute Gasteiger partial charge is 0.190 e. The molecular formula is C27H28N2O2S. The van der Waals surface area contributed by atoms with Crippen LogP contribution in [0.3, 0.4) is 0 Å². The largest absolute Gasteiger partial charge is 0.497 e. The first-order chi connectivity index (χ1) is 15.6. The number of rotatable bonds is 7. The van der Waals surface area contributed by atoms with Crippen molar-refractivity contribution >= 4 is 17.0 Å². The molecule has 0 saturated carbocycles. The molecule has 0 aliphatic rings. The number of aryl methyl sites for hydroxylation is 2. The number of benzene rings is 3. The average molecular weight is 445 g/mol. The zero-order valence-corrected chi connectivity index (χ0v) is 19.8. The maximum atomic E-state index is 5.56. The van der Waals surface area contributed by atoms with Gasteiger partial charge in [-0.25, -0.2) is 4.99 Å². The summed E-state index contributed by atoms with van der Waals surface area (Å²) in [6, 6.07) is 22.8. The van der Waals surface area contributed by atoms with E-state index < -0.39 is 0 Å². The monoisotopic (exact) mass is 444 g/mol. The van der Waals surface area contributed by atoms with E-state index in [1.807, 2.05) is 43.3 Å². The Morgan fingerprint density at radius 3 is 2.25 bits per heavy atom. The first-order valence-corrected chi connectivity index (χ1v) is 11.6. The van der Waals surface area contributed by atoms with Gasteiger partial charge < -0.3 is 14.0 Å². The van der Waals surface area contributed by atoms with Crippen molar-refractivity contribution in [1.29, 1.82) is 0 Å². The van der Waals surface area contributed by atoms with Gasteiger partial charge in [0, 0.05) is 5.38 Å². The molecular weight excluding hydrogens is 416 g/mol. The zero-order valence-electron chi connectivity index (χ0n) is 19.0. The molecule has 1 aromatic heterocycles. The van der Waals surface area contributed by atoms with E-state index in [4.69, 9.17) is 14.5 Å². The van der Waals surface area contributed by atoms with Crippen LogP contribution in [0, 0.1) is 13.8 Å². The van der Waals surface area contributed by atoms with Gasteiger partial charge in [0.25, 0.3) is 0 Å². The van der Waals surface area contributed by atoms with Crippen LogP contribution in [-0.2, 0) is 6.54 Å². The summed E-state index contributed by atoms with van der Waals surface area (Å²) in [4.78, 5) is 5.92. The molecule has 0 spiro atoms. The molecule has 0 aliphatic carbocycles. The van der Waals surface area contributed by atoms with Gasteiger partial charge in [-0.1, -0.05) is 24.3 Å². The molecule has 0 saturated heterocycles. The van der Waals surface area contributed by atoms with Gasteiger partial charge in [-0.05, 0) is 85.5 Å². The lowest BCUT2D eigenvalue weighted by molar-refractivity contribution is 0.340. The Kier molecular flexibility index (Phi) is 6.76. The SMILES string of the molecule is CCOc1ccc(N=c2scc(-c3ccc(C)c(C)c3)n2Cc2ccc(OC)cc2)cc1. The lowest BCUT2D eigenvalue weighted by Gasteiger charge is -2.11. The van der Waals surface area contributed by atoms with E-state index in [1.165, 1.54) is 27.9 Å². The van der Waals surface area contributed by atoms with Crippen LogP contribution in [0.4, 0.5) is 5.69 Å². The number of hydrogen-bond acceptors (Lipinski definition) is 4. The third-order valence-corrected chi connectivity index (χ3v) is 6.34. The molecule has 0 N–H and O–H groups in total. The fourth-order valence-corrected chi connectivity index (χ4v) is 4.44. The molecule has 0 aliphatic heterocycles. The summed E-state index contributed by atoms with van der Waals surface area (Å²) >= 11 is 1.66. The average Bonchev–Trinajstić information content (AvgIpc) is 3.19. The quantitative estimate of drug-likeness (QED) is 0.325. The van der Waals surface area contributed by atoms with E-state index in [2.05, 4.69) is 54.1 Å². The van der Waals surface area contributed by atoms with E-state index in [1.54, 1.807) is 18.4 Å². The predicted molar refractivity (Wildman–Crippen MR) is 132 cm³/mol. The summed E-state index contributed by atoms with van der Waals surface area (Å²) in [5.74, 6) is 1.72. The molecule has 0 unspecified atom stereocenters. The van der Waals surface area contributed by atoms with Crippen LogP contribution in [0.15, 0.2) is 77.1 Å². The number of nitrogens with zero attached hydrogens (tertiary/aromatic N) is 2. The van der Waals surface area contributed by atoms with Crippen molar-refractivity contribution < 1.29 is 9.47 Å². The van der Waals surface area contributed by atoms with Crippen molar-refractivity contribution in [2.24, 2.45) is 4.99 Å². The molecule has 0 radical (unpaired) electrons. The number of ether oxygens (including phenoxy) is 2. The van der Waals surface area contributed by atoms with Crippen LogP contribution in [0.25, 0.3) is 11.3 Å². The van der Waals surface area contributed by atoms with Crippen LogP contribution >= 0.6 is 11.3 Å². The molecule has 32 heavy (non-hydrogen) atoms. The molecule has 4 nitrogen and oxygen atoms in total. The molecule has 5 heteroatoms. The van der Waals surface area contributed by atoms with Gasteiger partial charge in [-0.15, -0.1) is 11.3 Å². The van der Waals surface area contributed by atoms with Crippen LogP contribution in [0.2, 0.25) is 0 Å². The number of methoxy groups -OCH3 is 1. The topological polar surface area (TPSA) is 35.8 Å². The van der Waals surface area contributed by atoms with Crippen LogP contribution < -0.4 is 14.3 Å². The van der Waals surface area contributed by atoms with Crippen molar-refractivity contribution in [1.82, 2.24) is 4.57 Å². The summed E-state index contributed by atoms with van der Waals surface area (Å²) in [6.07, 6.45) is 0. The fourth-order valence-electron chi connectivity index (χ4n) is 3.51. The van der Waals surface area contributed by atoms with Crippen molar-refractivity contribution in [3.05, 3.63) is 93.6 Å². The van der Waals surface area contributed by atoms with Gasteiger partial charge >= 0.3 is 0 Å². The Morgan fingerprint density at radius 2 is 1.59 bits per heavy atom. The molecule has 0 atom stereocenters. The minimum Gasteiger partial charge on any atom is -0.497 e. The lowest BCUT2D eigenvalue weighted by Crippen LogP contribution is -2.16. The summed E-state index contributed by atoms with van der Waals surface area (Å²) in [6.45, 7) is 7.67. The Balaban J connectivity index is 1.78. The lowest BCUT2D eigenvalue weighted by atomic mass is 10.0. The van der Waals surface area contributed by atoms with E-state index >= 15 is 0 Å². The molecule has 4 rings (SSSR count). The second-order valence-electron chi connectivity index (χ2n) is 7.68. The Hall–Kier alpha value is -3.31. The molecule has 0 amide bonds. The molecule has 3 aromatic carbocycles. The van der Waals surface area contributed by atoms with Gasteiger partial charge in [0.05, 0.1) is 31.6 Å². The van der Waals surface area contributed by atoms with Gasteiger partial charge in [0.2, 0.25) is 0 Å². The fraction of sp³-hybridized carbons (Fsp3) is 0.222. The predicted octanol–water partition coefficient (Wildman–Crippen LogP) is 6.52. The first kappa shape index (κ1) is 21.9. The maximum absolute atomic E-state index is 5.56. The van der Waals surface area contributed by atoms with E-state index in [0.717, 1.165) is 28.5 Å². The van der Waals surface area contributed by atoms with Gasteiger partial charge in [-0.3, -0.25) is 0 Å². The van der Waals surface area contributed by atoms with Crippen molar-refractivity contribution in [2.45, 2.75) is 27.3 Å². The maximum Gasteiger partial charge on any atom is 0.190 e. The second kappa shape index (κ2) is 9.88. The first-order valence-electron chi connectivity index (χ1n) is 10.7. The second-order valence-corrected chi connectivity index (χ2v) is 8.51. The summed E-state index contributed by atoms with van der Waals surface area (Å²) < 4.78 is 13.2. The Bertz CT molecular complexity index is 1250. The summed E-state index contributed by atoms with van der Waals surface area (Å²) in [5, 5.41) is 2.20. The third-order valence-electron chi connectivity index (χ3n) is 5.47. The molecule has 0 fully saturated rings. The van der Waals surface area contributed by atoms with Crippen molar-refractivity contribution in [3.63, 3.8) is 0 Å². The molecule has 164 valence electrons. The van der Waals surface area contributed by atoms with Gasteiger partial charge in [0.15, 0.2) is 4.80 Å². The van der Waals surface area contributed by atoms with E-state index in [-0.39, 0.29) is 0 Å². The highest BCUT2D eigenvalue weighted by molar-refractivity contribution is 7.07. The number of aromatic nitrogens is 1. The van der Waals surface area contributed by atoms with Crippen LogP contribution in [-0.4, -0.2) is 18.3 Å². The standard InChI is InChI=1S/C27H28N2O2S/c1-5-31-25-14-10-23(11-15-25)28-27-29(17-21-7-12-24(30-4)13-8-21)26(18-32-27)22-9-6-19(2)20(3)16-22/h6-16,18H,5,17H2,1-4H3. The Labute approximate surface area is 193 Å². The van der Waals surface area contributed by atoms with Gasteiger partial charge in [0.1, 0.15) is 11.5 Å². The minimum absolute atomic E-state index is 0.655. The normalized spacial score (nSPS) is 11.6. The van der Waals surface area contributed by atoms with Crippen LogP contribution in [0.1, 0.15) is 23.6 Å². The summed E-state index contributed by atoms with van der Waals surface area (Å²) in [7, 11) is 1.69. The highest BCUT2D eigenvalue weighted by Gasteiger charge is 2.10. The van der Waals surface area contributed by atoms with Gasteiger partial charge in [-0.2, -0.15) is 0 Å². The van der Waals surface area contributed by atoms with E-state index in [0.29, 0.717) is 6.61 Å². The minimum atomic E-state index is 0.655. The zero-order chi connectivity index (χ0) is 22.5. The molecule has 0 bridgehead atoms. The van der Waals surface area contributed by atoms with Crippen LogP contribution in [0.5, 0.6) is 11.5 Å². The summed E-state index contributed by atoms with van der Waals surface area (Å²) in [5.41, 5.74) is 7.05. The number of thiazole rings is 1. The highest BCUT2D eigenvalue weighted by atomic mass is 32.1. The molecule has 4 aromatic rings. The van der Waals surface area contributed by atoms with Crippen molar-refractivity contribution in [3.8, 4) is 22.8 Å².